The van der Waals surface area contributed by atoms with Crippen LogP contribution < -0.4 is 15.0 Å². The molecule has 0 saturated carbocycles. The van der Waals surface area contributed by atoms with Crippen molar-refractivity contribution in [3.05, 3.63) is 70.0 Å². The standard InChI is InChI=1S/C20H17BrN4O3S/c1-12-18(10-24(2)23-12)25-19(26)17(22-20(25)29)9-15-7-8-16(28-15)11-27-14-5-3-13(21)4-6-14/h3-10H,11H2,1-2H3,(H,22,29)/b17-9+. The van der Waals surface area contributed by atoms with Gasteiger partial charge in [0.25, 0.3) is 5.91 Å². The first-order valence-electron chi connectivity index (χ1n) is 8.75. The number of rotatable bonds is 5. The third-order valence-electron chi connectivity index (χ3n) is 4.27. The third-order valence-corrected chi connectivity index (χ3v) is 5.08. The molecule has 29 heavy (non-hydrogen) atoms. The van der Waals surface area contributed by atoms with Gasteiger partial charge in [-0.1, -0.05) is 15.9 Å². The predicted octanol–water partition coefficient (Wildman–Crippen LogP) is 3.93. The monoisotopic (exact) mass is 472 g/mol. The Kier molecular flexibility index (Phi) is 5.25. The second-order valence-electron chi connectivity index (χ2n) is 6.45. The van der Waals surface area contributed by atoms with Gasteiger partial charge in [0.05, 0.1) is 11.4 Å². The average Bonchev–Trinajstić information content (AvgIpc) is 3.33. The summed E-state index contributed by atoms with van der Waals surface area (Å²) in [4.78, 5) is 14.3. The summed E-state index contributed by atoms with van der Waals surface area (Å²) in [6.07, 6.45) is 3.39. The number of carbonyl (C=O) groups excluding carboxylic acids is 1. The number of hydrogen-bond donors (Lipinski definition) is 1. The molecule has 1 saturated heterocycles. The van der Waals surface area contributed by atoms with E-state index in [0.717, 1.165) is 15.9 Å². The Labute approximate surface area is 181 Å². The Balaban J connectivity index is 1.47. The Morgan fingerprint density at radius 2 is 2.03 bits per heavy atom. The minimum absolute atomic E-state index is 0.254. The summed E-state index contributed by atoms with van der Waals surface area (Å²) in [6.45, 7) is 2.11. The fourth-order valence-electron chi connectivity index (χ4n) is 2.94. The molecule has 9 heteroatoms. The molecule has 0 bridgehead atoms. The van der Waals surface area contributed by atoms with E-state index in [1.54, 1.807) is 30.1 Å². The molecule has 1 amide bonds. The highest BCUT2D eigenvalue weighted by molar-refractivity contribution is 9.10. The summed E-state index contributed by atoms with van der Waals surface area (Å²) in [7, 11) is 1.80. The van der Waals surface area contributed by atoms with Gasteiger partial charge in [-0.2, -0.15) is 5.10 Å². The normalized spacial score (nSPS) is 15.3. The van der Waals surface area contributed by atoms with Crippen LogP contribution in [-0.4, -0.2) is 20.8 Å². The molecule has 3 heterocycles. The number of benzene rings is 1. The lowest BCUT2D eigenvalue weighted by atomic mass is 10.3. The maximum absolute atomic E-state index is 12.8. The molecule has 4 rings (SSSR count). The van der Waals surface area contributed by atoms with E-state index in [4.69, 9.17) is 21.4 Å². The molecule has 2 aromatic heterocycles. The number of carbonyl (C=O) groups is 1. The molecule has 7 nitrogen and oxygen atoms in total. The molecule has 1 aliphatic heterocycles. The molecule has 3 aromatic rings. The fourth-order valence-corrected chi connectivity index (χ4v) is 3.49. The van der Waals surface area contributed by atoms with Crippen LogP contribution in [0.3, 0.4) is 0 Å². The number of nitrogens with zero attached hydrogens (tertiary/aromatic N) is 3. The number of nitrogens with one attached hydrogen (secondary N) is 1. The average molecular weight is 473 g/mol. The van der Waals surface area contributed by atoms with Gasteiger partial charge in [0.1, 0.15) is 29.6 Å². The highest BCUT2D eigenvalue weighted by atomic mass is 79.9. The van der Waals surface area contributed by atoms with Gasteiger partial charge in [-0.05, 0) is 55.5 Å². The molecule has 0 spiro atoms. The SMILES string of the molecule is Cc1nn(C)cc1N1C(=O)/C(=C\c2ccc(COc3ccc(Br)cc3)o2)NC1=S. The largest absolute Gasteiger partial charge is 0.486 e. The third kappa shape index (κ3) is 4.10. The van der Waals surface area contributed by atoms with Crippen molar-refractivity contribution >= 4 is 50.9 Å². The number of aryl methyl sites for hydroxylation is 2. The number of aromatic nitrogens is 2. The molecular formula is C20H17BrN4O3S. The molecule has 1 aromatic carbocycles. The van der Waals surface area contributed by atoms with Crippen molar-refractivity contribution in [1.82, 2.24) is 15.1 Å². The van der Waals surface area contributed by atoms with Gasteiger partial charge in [-0.3, -0.25) is 9.48 Å². The molecule has 0 atom stereocenters. The highest BCUT2D eigenvalue weighted by Gasteiger charge is 2.34. The molecular weight excluding hydrogens is 456 g/mol. The minimum Gasteiger partial charge on any atom is -0.486 e. The lowest BCUT2D eigenvalue weighted by Crippen LogP contribution is -2.30. The predicted molar refractivity (Wildman–Crippen MR) is 116 cm³/mol. The van der Waals surface area contributed by atoms with Crippen molar-refractivity contribution in [3.63, 3.8) is 0 Å². The number of hydrogen-bond acceptors (Lipinski definition) is 5. The number of ether oxygens (including phenoxy) is 1. The number of thiocarbonyl (C=S) groups is 1. The maximum Gasteiger partial charge on any atom is 0.281 e. The molecule has 0 aliphatic carbocycles. The van der Waals surface area contributed by atoms with Crippen molar-refractivity contribution < 1.29 is 13.9 Å². The van der Waals surface area contributed by atoms with Crippen LogP contribution in [0, 0.1) is 6.92 Å². The maximum atomic E-state index is 12.8. The highest BCUT2D eigenvalue weighted by Crippen LogP contribution is 2.25. The Bertz CT molecular complexity index is 1120. The van der Waals surface area contributed by atoms with Crippen molar-refractivity contribution in [2.75, 3.05) is 4.90 Å². The summed E-state index contributed by atoms with van der Waals surface area (Å²) < 4.78 is 14.1. The summed E-state index contributed by atoms with van der Waals surface area (Å²) in [5.41, 5.74) is 1.71. The lowest BCUT2D eigenvalue weighted by Gasteiger charge is -2.11. The first-order valence-corrected chi connectivity index (χ1v) is 9.95. The Morgan fingerprint density at radius 3 is 2.72 bits per heavy atom. The van der Waals surface area contributed by atoms with Gasteiger partial charge in [0.15, 0.2) is 5.11 Å². The van der Waals surface area contributed by atoms with E-state index in [9.17, 15) is 4.79 Å². The fraction of sp³-hybridized carbons (Fsp3) is 0.150. The van der Waals surface area contributed by atoms with Crippen LogP contribution in [0.25, 0.3) is 6.08 Å². The van der Waals surface area contributed by atoms with Gasteiger partial charge in [0.2, 0.25) is 0 Å². The minimum atomic E-state index is -0.254. The second kappa shape index (κ2) is 7.84. The second-order valence-corrected chi connectivity index (χ2v) is 7.75. The van der Waals surface area contributed by atoms with Crippen LogP contribution in [0.5, 0.6) is 5.75 Å². The zero-order valence-corrected chi connectivity index (χ0v) is 18.1. The molecule has 0 unspecified atom stereocenters. The Morgan fingerprint density at radius 1 is 1.28 bits per heavy atom. The van der Waals surface area contributed by atoms with Crippen molar-refractivity contribution in [3.8, 4) is 5.75 Å². The lowest BCUT2D eigenvalue weighted by molar-refractivity contribution is -0.113. The van der Waals surface area contributed by atoms with Gasteiger partial charge in [-0.25, -0.2) is 4.90 Å². The number of halogens is 1. The number of anilines is 1. The van der Waals surface area contributed by atoms with E-state index in [1.807, 2.05) is 37.3 Å². The summed E-state index contributed by atoms with van der Waals surface area (Å²) >= 11 is 8.72. The van der Waals surface area contributed by atoms with Crippen molar-refractivity contribution in [2.24, 2.45) is 7.05 Å². The van der Waals surface area contributed by atoms with Crippen LogP contribution in [0.2, 0.25) is 0 Å². The van der Waals surface area contributed by atoms with Gasteiger partial charge >= 0.3 is 0 Å². The van der Waals surface area contributed by atoms with Gasteiger partial charge in [0, 0.05) is 23.8 Å². The van der Waals surface area contributed by atoms with E-state index in [-0.39, 0.29) is 12.5 Å². The molecule has 1 aliphatic rings. The molecule has 1 fully saturated rings. The molecule has 1 N–H and O–H groups in total. The van der Waals surface area contributed by atoms with Crippen molar-refractivity contribution in [1.29, 1.82) is 0 Å². The van der Waals surface area contributed by atoms with E-state index in [0.29, 0.717) is 28.0 Å². The first-order chi connectivity index (χ1) is 13.9. The van der Waals surface area contributed by atoms with Crippen LogP contribution >= 0.6 is 28.1 Å². The van der Waals surface area contributed by atoms with Crippen molar-refractivity contribution in [2.45, 2.75) is 13.5 Å². The topological polar surface area (TPSA) is 72.5 Å². The van der Waals surface area contributed by atoms with Crippen LogP contribution in [0.1, 0.15) is 17.2 Å². The summed E-state index contributed by atoms with van der Waals surface area (Å²) in [6, 6.07) is 11.1. The zero-order valence-electron chi connectivity index (χ0n) is 15.7. The van der Waals surface area contributed by atoms with E-state index in [2.05, 4.69) is 26.3 Å². The zero-order chi connectivity index (χ0) is 20.5. The number of amides is 1. The summed E-state index contributed by atoms with van der Waals surface area (Å²) in [5, 5.41) is 7.52. The van der Waals surface area contributed by atoms with E-state index >= 15 is 0 Å². The van der Waals surface area contributed by atoms with Crippen LogP contribution in [0.15, 0.2) is 57.2 Å². The molecule has 0 radical (unpaired) electrons. The Hall–Kier alpha value is -2.91. The number of furan rings is 1. The van der Waals surface area contributed by atoms with E-state index < -0.39 is 0 Å². The summed E-state index contributed by atoms with van der Waals surface area (Å²) in [5.74, 6) is 1.66. The van der Waals surface area contributed by atoms with E-state index in [1.165, 1.54) is 4.90 Å². The van der Waals surface area contributed by atoms with Crippen LogP contribution in [0.4, 0.5) is 5.69 Å². The smallest absolute Gasteiger partial charge is 0.281 e. The quantitative estimate of drug-likeness (QED) is 0.448. The first kappa shape index (κ1) is 19.4. The van der Waals surface area contributed by atoms with Gasteiger partial charge in [-0.15, -0.1) is 0 Å². The van der Waals surface area contributed by atoms with Gasteiger partial charge < -0.3 is 14.5 Å². The molecule has 148 valence electrons. The van der Waals surface area contributed by atoms with Crippen LogP contribution in [-0.2, 0) is 18.4 Å².